The molecule has 1 aliphatic rings. The zero-order valence-electron chi connectivity index (χ0n) is 10.9. The van der Waals surface area contributed by atoms with Crippen LogP contribution < -0.4 is 11.1 Å². The maximum Gasteiger partial charge on any atom is 0.240 e. The molecule has 18 heavy (non-hydrogen) atoms. The van der Waals surface area contributed by atoms with Gasteiger partial charge in [-0.1, -0.05) is 25.3 Å². The molecule has 4 heteroatoms. The van der Waals surface area contributed by atoms with Crippen LogP contribution in [0.2, 0.25) is 0 Å². The van der Waals surface area contributed by atoms with E-state index in [1.807, 2.05) is 25.1 Å². The van der Waals surface area contributed by atoms with Crippen LogP contribution in [-0.2, 0) is 11.3 Å². The van der Waals surface area contributed by atoms with E-state index in [4.69, 9.17) is 5.73 Å². The number of nitrogens with one attached hydrogen (secondary N) is 1. The molecule has 0 bridgehead atoms. The van der Waals surface area contributed by atoms with Crippen LogP contribution in [0, 0.1) is 6.92 Å². The molecule has 1 aromatic rings. The van der Waals surface area contributed by atoms with Crippen molar-refractivity contribution in [3.8, 4) is 0 Å². The van der Waals surface area contributed by atoms with Gasteiger partial charge in [-0.2, -0.15) is 0 Å². The van der Waals surface area contributed by atoms with E-state index in [9.17, 15) is 4.79 Å². The minimum Gasteiger partial charge on any atom is -0.349 e. The van der Waals surface area contributed by atoms with Crippen molar-refractivity contribution in [2.24, 2.45) is 5.73 Å². The Morgan fingerprint density at radius 3 is 2.78 bits per heavy atom. The van der Waals surface area contributed by atoms with E-state index >= 15 is 0 Å². The van der Waals surface area contributed by atoms with Crippen molar-refractivity contribution in [1.29, 1.82) is 0 Å². The number of hydrogen-bond donors (Lipinski definition) is 2. The number of rotatable bonds is 3. The summed E-state index contributed by atoms with van der Waals surface area (Å²) in [7, 11) is 0. The van der Waals surface area contributed by atoms with Crippen LogP contribution in [-0.4, -0.2) is 16.4 Å². The molecule has 0 spiro atoms. The maximum atomic E-state index is 12.1. The molecule has 2 rings (SSSR count). The molecule has 1 saturated carbocycles. The molecular weight excluding hydrogens is 226 g/mol. The zero-order valence-corrected chi connectivity index (χ0v) is 10.9. The summed E-state index contributed by atoms with van der Waals surface area (Å²) in [6.45, 7) is 2.40. The highest BCUT2D eigenvalue weighted by Gasteiger charge is 2.34. The van der Waals surface area contributed by atoms with Gasteiger partial charge >= 0.3 is 0 Å². The third-order valence-corrected chi connectivity index (χ3v) is 3.57. The number of nitrogens with two attached hydrogens (primary N) is 1. The Morgan fingerprint density at radius 1 is 1.39 bits per heavy atom. The van der Waals surface area contributed by atoms with Gasteiger partial charge in [0.2, 0.25) is 5.91 Å². The van der Waals surface area contributed by atoms with Crippen molar-refractivity contribution in [2.75, 3.05) is 0 Å². The van der Waals surface area contributed by atoms with Gasteiger partial charge in [0.15, 0.2) is 0 Å². The Hall–Kier alpha value is -1.42. The zero-order chi connectivity index (χ0) is 13.0. The summed E-state index contributed by atoms with van der Waals surface area (Å²) in [5.41, 5.74) is 7.34. The SMILES string of the molecule is Cc1cccc(CNC(=O)C2(N)CCCCC2)n1. The Labute approximate surface area is 108 Å². The van der Waals surface area contributed by atoms with Crippen LogP contribution in [0.4, 0.5) is 0 Å². The lowest BCUT2D eigenvalue weighted by Crippen LogP contribution is -2.54. The molecule has 1 fully saturated rings. The number of carbonyl (C=O) groups is 1. The fraction of sp³-hybridized carbons (Fsp3) is 0.571. The molecule has 0 unspecified atom stereocenters. The van der Waals surface area contributed by atoms with E-state index in [2.05, 4.69) is 10.3 Å². The van der Waals surface area contributed by atoms with E-state index < -0.39 is 5.54 Å². The van der Waals surface area contributed by atoms with Gasteiger partial charge in [0.05, 0.1) is 17.8 Å². The van der Waals surface area contributed by atoms with Crippen LogP contribution in [0.1, 0.15) is 43.5 Å². The predicted octanol–water partition coefficient (Wildman–Crippen LogP) is 1.67. The highest BCUT2D eigenvalue weighted by molar-refractivity contribution is 5.86. The quantitative estimate of drug-likeness (QED) is 0.853. The van der Waals surface area contributed by atoms with Crippen molar-refractivity contribution in [1.82, 2.24) is 10.3 Å². The van der Waals surface area contributed by atoms with Gasteiger partial charge in [-0.25, -0.2) is 0 Å². The normalized spacial score (nSPS) is 18.3. The van der Waals surface area contributed by atoms with Gasteiger partial charge in [0.1, 0.15) is 0 Å². The predicted molar refractivity (Wildman–Crippen MR) is 70.8 cm³/mol. The molecule has 0 aromatic carbocycles. The largest absolute Gasteiger partial charge is 0.349 e. The smallest absolute Gasteiger partial charge is 0.240 e. The molecule has 3 N–H and O–H groups in total. The van der Waals surface area contributed by atoms with Gasteiger partial charge in [0, 0.05) is 5.69 Å². The number of pyridine rings is 1. The lowest BCUT2D eigenvalue weighted by Gasteiger charge is -2.31. The number of aromatic nitrogens is 1. The first-order chi connectivity index (χ1) is 8.60. The van der Waals surface area contributed by atoms with Gasteiger partial charge in [-0.15, -0.1) is 0 Å². The molecule has 0 radical (unpaired) electrons. The molecule has 1 amide bonds. The average Bonchev–Trinajstić information content (AvgIpc) is 2.37. The van der Waals surface area contributed by atoms with E-state index in [-0.39, 0.29) is 5.91 Å². The van der Waals surface area contributed by atoms with Crippen molar-refractivity contribution in [2.45, 2.75) is 51.1 Å². The topological polar surface area (TPSA) is 68.0 Å². The molecule has 1 heterocycles. The minimum absolute atomic E-state index is 0.0366. The van der Waals surface area contributed by atoms with Crippen LogP contribution in [0.25, 0.3) is 0 Å². The van der Waals surface area contributed by atoms with Gasteiger partial charge in [-0.3, -0.25) is 9.78 Å². The van der Waals surface area contributed by atoms with Gasteiger partial charge in [0.25, 0.3) is 0 Å². The number of aryl methyl sites for hydroxylation is 1. The third-order valence-electron chi connectivity index (χ3n) is 3.57. The second kappa shape index (κ2) is 5.48. The molecule has 0 saturated heterocycles. The van der Waals surface area contributed by atoms with Crippen LogP contribution in [0.5, 0.6) is 0 Å². The van der Waals surface area contributed by atoms with Crippen molar-refractivity contribution in [3.63, 3.8) is 0 Å². The summed E-state index contributed by atoms with van der Waals surface area (Å²) in [5.74, 6) is -0.0366. The number of nitrogens with zero attached hydrogens (tertiary/aromatic N) is 1. The molecule has 98 valence electrons. The first kappa shape index (κ1) is 13.0. The average molecular weight is 247 g/mol. The Morgan fingerprint density at radius 2 is 2.11 bits per heavy atom. The minimum atomic E-state index is -0.665. The van der Waals surface area contributed by atoms with Crippen LogP contribution in [0.15, 0.2) is 18.2 Å². The Balaban J connectivity index is 1.91. The van der Waals surface area contributed by atoms with Gasteiger partial charge in [-0.05, 0) is 31.9 Å². The fourth-order valence-corrected chi connectivity index (χ4v) is 2.45. The number of hydrogen-bond acceptors (Lipinski definition) is 3. The Bertz CT molecular complexity index is 425. The fourth-order valence-electron chi connectivity index (χ4n) is 2.45. The second-order valence-corrected chi connectivity index (χ2v) is 5.17. The van der Waals surface area contributed by atoms with E-state index in [1.165, 1.54) is 6.42 Å². The maximum absolute atomic E-state index is 12.1. The second-order valence-electron chi connectivity index (χ2n) is 5.17. The van der Waals surface area contributed by atoms with E-state index in [0.29, 0.717) is 6.54 Å². The van der Waals surface area contributed by atoms with E-state index in [0.717, 1.165) is 37.1 Å². The standard InChI is InChI=1S/C14H21N3O/c1-11-6-5-7-12(17-11)10-16-13(18)14(15)8-3-2-4-9-14/h5-7H,2-4,8-10,15H2,1H3,(H,16,18). The monoisotopic (exact) mass is 247 g/mol. The van der Waals surface area contributed by atoms with Gasteiger partial charge < -0.3 is 11.1 Å². The lowest BCUT2D eigenvalue weighted by atomic mass is 9.82. The first-order valence-corrected chi connectivity index (χ1v) is 6.60. The van der Waals surface area contributed by atoms with Crippen molar-refractivity contribution >= 4 is 5.91 Å². The number of carbonyl (C=O) groups excluding carboxylic acids is 1. The molecule has 0 aliphatic heterocycles. The highest BCUT2D eigenvalue weighted by Crippen LogP contribution is 2.25. The summed E-state index contributed by atoms with van der Waals surface area (Å²) >= 11 is 0. The molecule has 4 nitrogen and oxygen atoms in total. The molecule has 1 aromatic heterocycles. The van der Waals surface area contributed by atoms with Crippen molar-refractivity contribution < 1.29 is 4.79 Å². The van der Waals surface area contributed by atoms with Crippen LogP contribution in [0.3, 0.4) is 0 Å². The first-order valence-electron chi connectivity index (χ1n) is 6.60. The summed E-state index contributed by atoms with van der Waals surface area (Å²) < 4.78 is 0. The summed E-state index contributed by atoms with van der Waals surface area (Å²) in [5, 5.41) is 2.91. The molecular formula is C14H21N3O. The number of amides is 1. The molecule has 0 atom stereocenters. The lowest BCUT2D eigenvalue weighted by molar-refractivity contribution is -0.127. The highest BCUT2D eigenvalue weighted by atomic mass is 16.2. The Kier molecular flexibility index (Phi) is 3.97. The molecule has 1 aliphatic carbocycles. The summed E-state index contributed by atoms with van der Waals surface area (Å²) in [4.78, 5) is 16.5. The summed E-state index contributed by atoms with van der Waals surface area (Å²) in [6.07, 6.45) is 4.87. The van der Waals surface area contributed by atoms with Crippen LogP contribution >= 0.6 is 0 Å². The van der Waals surface area contributed by atoms with E-state index in [1.54, 1.807) is 0 Å². The summed E-state index contributed by atoms with van der Waals surface area (Å²) in [6, 6.07) is 5.80. The van der Waals surface area contributed by atoms with Crippen molar-refractivity contribution in [3.05, 3.63) is 29.6 Å². The third kappa shape index (κ3) is 3.07.